The van der Waals surface area contributed by atoms with Crippen LogP contribution in [0.5, 0.6) is 0 Å². The van der Waals surface area contributed by atoms with E-state index in [-0.39, 0.29) is 0 Å². The topological polar surface area (TPSA) is 78.9 Å². The lowest BCUT2D eigenvalue weighted by atomic mass is 10.0. The molecule has 19 heavy (non-hydrogen) atoms. The minimum absolute atomic E-state index is 0.452. The third-order valence-electron chi connectivity index (χ3n) is 2.69. The van der Waals surface area contributed by atoms with E-state index >= 15 is 0 Å². The molecule has 5 heteroatoms. The molecule has 1 aromatic heterocycles. The monoisotopic (exact) mass is 271 g/mol. The number of carbonyl (C=O) groups excluding carboxylic acids is 1. The molecular weight excluding hydrogens is 258 g/mol. The average molecular weight is 271 g/mol. The molecule has 0 bridgehead atoms. The Bertz CT molecular complexity index is 601. The maximum atomic E-state index is 11.5. The summed E-state index contributed by atoms with van der Waals surface area (Å²) in [6.45, 7) is 0.571. The lowest BCUT2D eigenvalue weighted by Gasteiger charge is -2.15. The Labute approximate surface area is 115 Å². The van der Waals surface area contributed by atoms with E-state index in [1.165, 1.54) is 0 Å². The van der Waals surface area contributed by atoms with E-state index in [9.17, 15) is 4.79 Å². The lowest BCUT2D eigenvalue weighted by molar-refractivity contribution is -0.120. The van der Waals surface area contributed by atoms with Crippen molar-refractivity contribution in [2.75, 3.05) is 0 Å². The molecular formula is C14H13N3OS. The summed E-state index contributed by atoms with van der Waals surface area (Å²) in [6.07, 6.45) is 0. The van der Waals surface area contributed by atoms with Gasteiger partial charge < -0.3 is 5.73 Å². The molecule has 1 unspecified atom stereocenters. The Morgan fingerprint density at radius 1 is 1.42 bits per heavy atom. The van der Waals surface area contributed by atoms with Crippen LogP contribution in [0.1, 0.15) is 22.0 Å². The van der Waals surface area contributed by atoms with Crippen LogP contribution in [-0.2, 0) is 11.3 Å². The Morgan fingerprint density at radius 3 is 2.89 bits per heavy atom. The smallest absolute Gasteiger partial charge is 0.239 e. The third kappa shape index (κ3) is 3.41. The van der Waals surface area contributed by atoms with E-state index in [2.05, 4.69) is 11.4 Å². The van der Waals surface area contributed by atoms with Gasteiger partial charge in [-0.3, -0.25) is 10.1 Å². The summed E-state index contributed by atoms with van der Waals surface area (Å²) in [5.41, 5.74) is 6.65. The molecule has 0 spiro atoms. The van der Waals surface area contributed by atoms with Crippen LogP contribution in [0.2, 0.25) is 0 Å². The number of rotatable bonds is 5. The van der Waals surface area contributed by atoms with Crippen molar-refractivity contribution in [2.24, 2.45) is 5.73 Å². The second-order valence-corrected chi connectivity index (χ2v) is 5.07. The first-order valence-electron chi connectivity index (χ1n) is 5.76. The fourth-order valence-electron chi connectivity index (χ4n) is 1.79. The van der Waals surface area contributed by atoms with Gasteiger partial charge in [0.15, 0.2) is 0 Å². The van der Waals surface area contributed by atoms with Crippen LogP contribution in [0, 0.1) is 11.3 Å². The zero-order valence-electron chi connectivity index (χ0n) is 10.2. The third-order valence-corrected chi connectivity index (χ3v) is 3.57. The number of nitriles is 1. The standard InChI is InChI=1S/C14H13N3OS/c15-8-10-3-1-4-11(7-10)13(14(16)18)17-9-12-5-2-6-19-12/h1-7,13,17H,9H2,(H2,16,18). The summed E-state index contributed by atoms with van der Waals surface area (Å²) in [6, 6.07) is 12.3. The van der Waals surface area contributed by atoms with Gasteiger partial charge in [0.1, 0.15) is 6.04 Å². The predicted molar refractivity (Wildman–Crippen MR) is 74.3 cm³/mol. The minimum atomic E-state index is -0.588. The summed E-state index contributed by atoms with van der Waals surface area (Å²) in [7, 11) is 0. The maximum Gasteiger partial charge on any atom is 0.239 e. The molecule has 0 fully saturated rings. The highest BCUT2D eigenvalue weighted by molar-refractivity contribution is 7.09. The van der Waals surface area contributed by atoms with E-state index in [0.29, 0.717) is 17.7 Å². The normalized spacial score (nSPS) is 11.7. The van der Waals surface area contributed by atoms with Crippen molar-refractivity contribution in [3.63, 3.8) is 0 Å². The van der Waals surface area contributed by atoms with Gasteiger partial charge >= 0.3 is 0 Å². The number of primary amides is 1. The number of hydrogen-bond donors (Lipinski definition) is 2. The van der Waals surface area contributed by atoms with Crippen LogP contribution in [0.25, 0.3) is 0 Å². The van der Waals surface area contributed by atoms with Crippen molar-refractivity contribution >= 4 is 17.2 Å². The van der Waals surface area contributed by atoms with Gasteiger partial charge in [-0.05, 0) is 29.1 Å². The van der Waals surface area contributed by atoms with E-state index in [0.717, 1.165) is 4.88 Å². The first-order chi connectivity index (χ1) is 9.20. The van der Waals surface area contributed by atoms with Crippen molar-refractivity contribution in [1.82, 2.24) is 5.32 Å². The highest BCUT2D eigenvalue weighted by Crippen LogP contribution is 2.16. The molecule has 2 aromatic rings. The Kier molecular flexibility index (Phi) is 4.29. The Morgan fingerprint density at radius 2 is 2.26 bits per heavy atom. The van der Waals surface area contributed by atoms with Crippen molar-refractivity contribution in [3.05, 3.63) is 57.8 Å². The number of nitrogens with zero attached hydrogens (tertiary/aromatic N) is 1. The summed E-state index contributed by atoms with van der Waals surface area (Å²) in [5, 5.41) is 14.0. The molecule has 1 heterocycles. The number of carbonyl (C=O) groups is 1. The van der Waals surface area contributed by atoms with Crippen molar-refractivity contribution in [3.8, 4) is 6.07 Å². The van der Waals surface area contributed by atoms with E-state index in [1.54, 1.807) is 35.6 Å². The Hall–Kier alpha value is -2.16. The number of nitrogens with two attached hydrogens (primary N) is 1. The first-order valence-corrected chi connectivity index (χ1v) is 6.64. The van der Waals surface area contributed by atoms with Gasteiger partial charge in [-0.1, -0.05) is 18.2 Å². The molecule has 96 valence electrons. The van der Waals surface area contributed by atoms with Crippen LogP contribution >= 0.6 is 11.3 Å². The van der Waals surface area contributed by atoms with Crippen molar-refractivity contribution in [2.45, 2.75) is 12.6 Å². The highest BCUT2D eigenvalue weighted by atomic mass is 32.1. The number of amides is 1. The van der Waals surface area contributed by atoms with E-state index in [1.807, 2.05) is 17.5 Å². The van der Waals surface area contributed by atoms with Crippen molar-refractivity contribution < 1.29 is 4.79 Å². The highest BCUT2D eigenvalue weighted by Gasteiger charge is 2.17. The molecule has 3 N–H and O–H groups in total. The molecule has 2 rings (SSSR count). The molecule has 4 nitrogen and oxygen atoms in total. The molecule has 0 saturated heterocycles. The van der Waals surface area contributed by atoms with Crippen LogP contribution < -0.4 is 11.1 Å². The van der Waals surface area contributed by atoms with E-state index < -0.39 is 11.9 Å². The predicted octanol–water partition coefficient (Wildman–Crippen LogP) is 1.94. The lowest BCUT2D eigenvalue weighted by Crippen LogP contribution is -2.33. The number of nitrogens with one attached hydrogen (secondary N) is 1. The van der Waals surface area contributed by atoms with Gasteiger partial charge in [-0.2, -0.15) is 5.26 Å². The first kappa shape index (κ1) is 13.3. The van der Waals surface area contributed by atoms with Gasteiger partial charge in [0.25, 0.3) is 0 Å². The zero-order chi connectivity index (χ0) is 13.7. The largest absolute Gasteiger partial charge is 0.368 e. The molecule has 0 aliphatic carbocycles. The maximum absolute atomic E-state index is 11.5. The molecule has 1 atom stereocenters. The number of benzene rings is 1. The van der Waals surface area contributed by atoms with Crippen molar-refractivity contribution in [1.29, 1.82) is 5.26 Å². The van der Waals surface area contributed by atoms with Gasteiger partial charge in [0, 0.05) is 11.4 Å². The minimum Gasteiger partial charge on any atom is -0.368 e. The molecule has 1 aromatic carbocycles. The fourth-order valence-corrected chi connectivity index (χ4v) is 2.44. The average Bonchev–Trinajstić information content (AvgIpc) is 2.92. The molecule has 0 radical (unpaired) electrons. The fraction of sp³-hybridized carbons (Fsp3) is 0.143. The summed E-state index contributed by atoms with van der Waals surface area (Å²) in [5.74, 6) is -0.452. The van der Waals surface area contributed by atoms with Gasteiger partial charge in [0.05, 0.1) is 11.6 Å². The molecule has 0 saturated carbocycles. The molecule has 0 aliphatic rings. The Balaban J connectivity index is 2.15. The van der Waals surface area contributed by atoms with Crippen LogP contribution in [-0.4, -0.2) is 5.91 Å². The van der Waals surface area contributed by atoms with Gasteiger partial charge in [-0.25, -0.2) is 0 Å². The van der Waals surface area contributed by atoms with Gasteiger partial charge in [-0.15, -0.1) is 11.3 Å². The van der Waals surface area contributed by atoms with Crippen LogP contribution in [0.3, 0.4) is 0 Å². The zero-order valence-corrected chi connectivity index (χ0v) is 11.0. The molecule has 0 aliphatic heterocycles. The SMILES string of the molecule is N#Cc1cccc(C(NCc2cccs2)C(N)=O)c1. The molecule has 1 amide bonds. The number of hydrogen-bond acceptors (Lipinski definition) is 4. The van der Waals surface area contributed by atoms with Crippen LogP contribution in [0.4, 0.5) is 0 Å². The quantitative estimate of drug-likeness (QED) is 0.872. The van der Waals surface area contributed by atoms with E-state index in [4.69, 9.17) is 11.0 Å². The summed E-state index contributed by atoms with van der Waals surface area (Å²) < 4.78 is 0. The second kappa shape index (κ2) is 6.14. The van der Waals surface area contributed by atoms with Crippen LogP contribution in [0.15, 0.2) is 41.8 Å². The summed E-state index contributed by atoms with van der Waals surface area (Å²) in [4.78, 5) is 12.7. The summed E-state index contributed by atoms with van der Waals surface area (Å²) >= 11 is 1.61. The second-order valence-electron chi connectivity index (χ2n) is 4.03. The number of thiophene rings is 1. The van der Waals surface area contributed by atoms with Gasteiger partial charge in [0.2, 0.25) is 5.91 Å².